The molecular formula is C16H20F2O2. The van der Waals surface area contributed by atoms with Gasteiger partial charge in [0, 0.05) is 6.42 Å². The van der Waals surface area contributed by atoms with E-state index in [0.29, 0.717) is 6.42 Å². The fraction of sp³-hybridized carbons (Fsp3) is 0.500. The van der Waals surface area contributed by atoms with E-state index in [1.165, 1.54) is 12.1 Å². The van der Waals surface area contributed by atoms with E-state index in [4.69, 9.17) is 0 Å². The summed E-state index contributed by atoms with van der Waals surface area (Å²) in [6, 6.07) is 3.41. The van der Waals surface area contributed by atoms with Crippen molar-refractivity contribution in [2.75, 3.05) is 0 Å². The summed E-state index contributed by atoms with van der Waals surface area (Å²) in [6.45, 7) is 2.11. The van der Waals surface area contributed by atoms with Crippen LogP contribution in [0.5, 0.6) is 0 Å². The summed E-state index contributed by atoms with van der Waals surface area (Å²) in [5, 5.41) is 0. The van der Waals surface area contributed by atoms with Crippen molar-refractivity contribution in [3.8, 4) is 0 Å². The Morgan fingerprint density at radius 3 is 2.45 bits per heavy atom. The van der Waals surface area contributed by atoms with Crippen LogP contribution in [-0.4, -0.2) is 11.6 Å². The van der Waals surface area contributed by atoms with E-state index in [1.807, 2.05) is 0 Å². The van der Waals surface area contributed by atoms with Gasteiger partial charge in [0.1, 0.15) is 5.78 Å². The van der Waals surface area contributed by atoms with Crippen molar-refractivity contribution in [1.82, 2.24) is 0 Å². The van der Waals surface area contributed by atoms with Crippen LogP contribution in [0.3, 0.4) is 0 Å². The fourth-order valence-corrected chi connectivity index (χ4v) is 2.01. The standard InChI is InChI=1S/C16H20F2O2/c1-2-3-4-5-6-8-12(19)11-15(20)13-9-7-10-14(17)16(13)18/h7,9-10H,2-6,8,11H2,1H3. The van der Waals surface area contributed by atoms with Gasteiger partial charge < -0.3 is 0 Å². The van der Waals surface area contributed by atoms with E-state index in [1.54, 1.807) is 0 Å². The molecule has 0 heterocycles. The Hall–Kier alpha value is -1.58. The molecule has 1 aromatic rings. The van der Waals surface area contributed by atoms with Crippen LogP contribution in [0, 0.1) is 11.6 Å². The van der Waals surface area contributed by atoms with Crippen LogP contribution in [0.25, 0.3) is 0 Å². The number of hydrogen-bond acceptors (Lipinski definition) is 2. The third-order valence-corrected chi connectivity index (χ3v) is 3.17. The van der Waals surface area contributed by atoms with Crippen LogP contribution in [0.1, 0.15) is 62.2 Å². The summed E-state index contributed by atoms with van der Waals surface area (Å²) in [5.74, 6) is -3.10. The molecule has 0 unspecified atom stereocenters. The number of benzene rings is 1. The Morgan fingerprint density at radius 1 is 1.05 bits per heavy atom. The van der Waals surface area contributed by atoms with Crippen molar-refractivity contribution < 1.29 is 18.4 Å². The second kappa shape index (κ2) is 8.56. The van der Waals surface area contributed by atoms with Gasteiger partial charge in [-0.2, -0.15) is 0 Å². The molecule has 110 valence electrons. The molecule has 1 rings (SSSR count). The Bertz CT molecular complexity index is 470. The number of rotatable bonds is 9. The van der Waals surface area contributed by atoms with E-state index in [-0.39, 0.29) is 17.8 Å². The number of ketones is 2. The van der Waals surface area contributed by atoms with Gasteiger partial charge in [-0.05, 0) is 18.6 Å². The van der Waals surface area contributed by atoms with Crippen molar-refractivity contribution in [2.24, 2.45) is 0 Å². The van der Waals surface area contributed by atoms with Gasteiger partial charge in [-0.15, -0.1) is 0 Å². The topological polar surface area (TPSA) is 34.1 Å². The number of carbonyl (C=O) groups is 2. The summed E-state index contributed by atoms with van der Waals surface area (Å²) in [7, 11) is 0. The SMILES string of the molecule is CCCCCCCC(=O)CC(=O)c1cccc(F)c1F. The van der Waals surface area contributed by atoms with E-state index in [2.05, 4.69) is 6.92 Å². The second-order valence-corrected chi connectivity index (χ2v) is 4.90. The first-order valence-electron chi connectivity index (χ1n) is 7.05. The van der Waals surface area contributed by atoms with Gasteiger partial charge in [0.05, 0.1) is 12.0 Å². The van der Waals surface area contributed by atoms with Crippen LogP contribution in [0.15, 0.2) is 18.2 Å². The van der Waals surface area contributed by atoms with Gasteiger partial charge in [-0.25, -0.2) is 8.78 Å². The predicted octanol–water partition coefficient (Wildman–Crippen LogP) is 4.47. The van der Waals surface area contributed by atoms with Gasteiger partial charge in [-0.1, -0.05) is 38.7 Å². The van der Waals surface area contributed by atoms with E-state index >= 15 is 0 Å². The summed E-state index contributed by atoms with van der Waals surface area (Å²) < 4.78 is 26.4. The first kappa shape index (κ1) is 16.5. The molecule has 0 saturated heterocycles. The third-order valence-electron chi connectivity index (χ3n) is 3.17. The van der Waals surface area contributed by atoms with E-state index in [9.17, 15) is 18.4 Å². The number of hydrogen-bond donors (Lipinski definition) is 0. The molecule has 0 aliphatic heterocycles. The molecule has 20 heavy (non-hydrogen) atoms. The van der Waals surface area contributed by atoms with Gasteiger partial charge in [0.2, 0.25) is 0 Å². The summed E-state index contributed by atoms with van der Waals surface area (Å²) in [6.07, 6.45) is 5.03. The van der Waals surface area contributed by atoms with E-state index < -0.39 is 17.4 Å². The molecule has 4 heteroatoms. The maximum atomic E-state index is 13.4. The van der Waals surface area contributed by atoms with Gasteiger partial charge >= 0.3 is 0 Å². The van der Waals surface area contributed by atoms with Gasteiger partial charge in [-0.3, -0.25) is 9.59 Å². The van der Waals surface area contributed by atoms with Crippen molar-refractivity contribution in [3.05, 3.63) is 35.4 Å². The number of halogens is 2. The average Bonchev–Trinajstić information content (AvgIpc) is 2.41. The van der Waals surface area contributed by atoms with Crippen molar-refractivity contribution in [3.63, 3.8) is 0 Å². The Morgan fingerprint density at radius 2 is 1.75 bits per heavy atom. The lowest BCUT2D eigenvalue weighted by atomic mass is 10.0. The van der Waals surface area contributed by atoms with Crippen LogP contribution in [0.2, 0.25) is 0 Å². The van der Waals surface area contributed by atoms with Gasteiger partial charge in [0.25, 0.3) is 0 Å². The largest absolute Gasteiger partial charge is 0.299 e. The zero-order valence-electron chi connectivity index (χ0n) is 11.8. The highest BCUT2D eigenvalue weighted by atomic mass is 19.2. The monoisotopic (exact) mass is 282 g/mol. The van der Waals surface area contributed by atoms with Crippen LogP contribution < -0.4 is 0 Å². The lowest BCUT2D eigenvalue weighted by Gasteiger charge is -2.03. The van der Waals surface area contributed by atoms with Crippen molar-refractivity contribution in [2.45, 2.75) is 51.9 Å². The zero-order chi connectivity index (χ0) is 15.0. The number of carbonyl (C=O) groups excluding carboxylic acids is 2. The number of unbranched alkanes of at least 4 members (excludes halogenated alkanes) is 4. The average molecular weight is 282 g/mol. The maximum Gasteiger partial charge on any atom is 0.173 e. The third kappa shape index (κ3) is 5.19. The molecule has 2 nitrogen and oxygen atoms in total. The molecule has 0 bridgehead atoms. The van der Waals surface area contributed by atoms with Crippen molar-refractivity contribution >= 4 is 11.6 Å². The molecule has 1 aromatic carbocycles. The van der Waals surface area contributed by atoms with Crippen LogP contribution in [-0.2, 0) is 4.79 Å². The molecule has 0 aliphatic rings. The Kier molecular flexibility index (Phi) is 7.05. The lowest BCUT2D eigenvalue weighted by Crippen LogP contribution is -2.10. The molecule has 0 atom stereocenters. The van der Waals surface area contributed by atoms with E-state index in [0.717, 1.165) is 38.2 Å². The van der Waals surface area contributed by atoms with Crippen molar-refractivity contribution in [1.29, 1.82) is 0 Å². The molecule has 0 spiro atoms. The van der Waals surface area contributed by atoms with Crippen LogP contribution >= 0.6 is 0 Å². The highest BCUT2D eigenvalue weighted by Gasteiger charge is 2.17. The summed E-state index contributed by atoms with van der Waals surface area (Å²) >= 11 is 0. The fourth-order valence-electron chi connectivity index (χ4n) is 2.01. The highest BCUT2D eigenvalue weighted by Crippen LogP contribution is 2.14. The zero-order valence-corrected chi connectivity index (χ0v) is 11.8. The summed E-state index contributed by atoms with van der Waals surface area (Å²) in [5.41, 5.74) is -0.343. The maximum absolute atomic E-state index is 13.4. The molecule has 0 aliphatic carbocycles. The second-order valence-electron chi connectivity index (χ2n) is 4.90. The van der Waals surface area contributed by atoms with Crippen LogP contribution in [0.4, 0.5) is 8.78 Å². The minimum Gasteiger partial charge on any atom is -0.299 e. The smallest absolute Gasteiger partial charge is 0.173 e. The Labute approximate surface area is 118 Å². The molecular weight excluding hydrogens is 262 g/mol. The number of Topliss-reactive ketones (excluding diaryl/α,β-unsaturated/α-hetero) is 2. The lowest BCUT2D eigenvalue weighted by molar-refractivity contribution is -0.118. The predicted molar refractivity (Wildman–Crippen MR) is 73.7 cm³/mol. The Balaban J connectivity index is 2.42. The molecule has 0 fully saturated rings. The minimum atomic E-state index is -1.17. The molecule has 0 saturated carbocycles. The molecule has 0 N–H and O–H groups in total. The first-order chi connectivity index (χ1) is 9.56. The quantitative estimate of drug-likeness (QED) is 0.380. The molecule has 0 radical (unpaired) electrons. The summed E-state index contributed by atoms with van der Waals surface area (Å²) in [4.78, 5) is 23.4. The molecule has 0 aromatic heterocycles. The van der Waals surface area contributed by atoms with Gasteiger partial charge in [0.15, 0.2) is 17.4 Å². The molecule has 0 amide bonds. The first-order valence-corrected chi connectivity index (χ1v) is 7.05. The normalized spacial score (nSPS) is 10.6. The highest BCUT2D eigenvalue weighted by molar-refractivity contribution is 6.08. The minimum absolute atomic E-state index is 0.213.